The maximum Gasteiger partial charge on any atom is 0.242 e. The van der Waals surface area contributed by atoms with Gasteiger partial charge in [-0.05, 0) is 18.6 Å². The molecule has 0 aliphatic carbocycles. The fourth-order valence-corrected chi connectivity index (χ4v) is 1.71. The number of para-hydroxylation sites is 1. The number of benzene rings is 1. The molecule has 0 saturated carbocycles. The molecular formula is C15H24ClN3O2. The van der Waals surface area contributed by atoms with Gasteiger partial charge in [0.15, 0.2) is 0 Å². The normalized spacial score (nSPS) is 9.48. The molecule has 0 bridgehead atoms. The molecule has 118 valence electrons. The molecule has 0 aliphatic heterocycles. The first-order valence-electron chi connectivity index (χ1n) is 6.81. The molecule has 0 heterocycles. The summed E-state index contributed by atoms with van der Waals surface area (Å²) < 4.78 is 0. The van der Waals surface area contributed by atoms with Gasteiger partial charge in [-0.1, -0.05) is 25.1 Å². The largest absolute Gasteiger partial charge is 0.376 e. The van der Waals surface area contributed by atoms with E-state index in [0.29, 0.717) is 6.54 Å². The van der Waals surface area contributed by atoms with Crippen molar-refractivity contribution in [1.82, 2.24) is 9.80 Å². The zero-order chi connectivity index (χ0) is 15.0. The van der Waals surface area contributed by atoms with Crippen LogP contribution in [0.1, 0.15) is 13.3 Å². The highest BCUT2D eigenvalue weighted by Crippen LogP contribution is 2.05. The van der Waals surface area contributed by atoms with Crippen molar-refractivity contribution >= 4 is 29.9 Å². The maximum atomic E-state index is 12.2. The van der Waals surface area contributed by atoms with E-state index in [-0.39, 0.29) is 37.3 Å². The van der Waals surface area contributed by atoms with Crippen LogP contribution in [0.5, 0.6) is 0 Å². The SMILES string of the molecule is CCCN(CC(=O)N(C)C)C(=O)CNc1ccccc1.Cl. The number of amides is 2. The third-order valence-electron chi connectivity index (χ3n) is 2.89. The Kier molecular flexibility index (Phi) is 9.21. The number of halogens is 1. The van der Waals surface area contributed by atoms with Gasteiger partial charge in [0.05, 0.1) is 13.1 Å². The Labute approximate surface area is 132 Å². The Balaban J connectivity index is 0.00000400. The van der Waals surface area contributed by atoms with Crippen LogP contribution in [0.25, 0.3) is 0 Å². The van der Waals surface area contributed by atoms with Crippen LogP contribution in [0.4, 0.5) is 5.69 Å². The van der Waals surface area contributed by atoms with Gasteiger partial charge in [0.1, 0.15) is 0 Å². The molecule has 0 unspecified atom stereocenters. The van der Waals surface area contributed by atoms with Crippen molar-refractivity contribution in [2.75, 3.05) is 39.0 Å². The smallest absolute Gasteiger partial charge is 0.242 e. The minimum absolute atomic E-state index is 0. The molecule has 1 rings (SSSR count). The number of rotatable bonds is 7. The van der Waals surface area contributed by atoms with Crippen molar-refractivity contribution in [2.45, 2.75) is 13.3 Å². The topological polar surface area (TPSA) is 52.7 Å². The summed E-state index contributed by atoms with van der Waals surface area (Å²) in [5.74, 6) is -0.127. The van der Waals surface area contributed by atoms with Crippen molar-refractivity contribution in [3.05, 3.63) is 30.3 Å². The second kappa shape index (κ2) is 10.0. The zero-order valence-electron chi connectivity index (χ0n) is 12.8. The van der Waals surface area contributed by atoms with E-state index in [0.717, 1.165) is 12.1 Å². The summed E-state index contributed by atoms with van der Waals surface area (Å²) >= 11 is 0. The molecule has 6 heteroatoms. The molecule has 21 heavy (non-hydrogen) atoms. The number of nitrogens with zero attached hydrogens (tertiary/aromatic N) is 2. The number of anilines is 1. The maximum absolute atomic E-state index is 12.2. The van der Waals surface area contributed by atoms with Gasteiger partial charge in [-0.25, -0.2) is 0 Å². The highest BCUT2D eigenvalue weighted by atomic mass is 35.5. The number of carbonyl (C=O) groups excluding carboxylic acids is 2. The summed E-state index contributed by atoms with van der Waals surface area (Å²) in [5, 5.41) is 3.07. The highest BCUT2D eigenvalue weighted by molar-refractivity contribution is 5.86. The van der Waals surface area contributed by atoms with Gasteiger partial charge < -0.3 is 15.1 Å². The van der Waals surface area contributed by atoms with Crippen molar-refractivity contribution in [1.29, 1.82) is 0 Å². The number of nitrogens with one attached hydrogen (secondary N) is 1. The van der Waals surface area contributed by atoms with Crippen LogP contribution in [0, 0.1) is 0 Å². The number of hydrogen-bond acceptors (Lipinski definition) is 3. The highest BCUT2D eigenvalue weighted by Gasteiger charge is 2.17. The predicted octanol–water partition coefficient (Wildman–Crippen LogP) is 1.85. The fraction of sp³-hybridized carbons (Fsp3) is 0.467. The van der Waals surface area contributed by atoms with Gasteiger partial charge in [0.25, 0.3) is 0 Å². The van der Waals surface area contributed by atoms with Crippen LogP contribution in [0.15, 0.2) is 30.3 Å². The first-order chi connectivity index (χ1) is 9.54. The average molecular weight is 314 g/mol. The van der Waals surface area contributed by atoms with E-state index in [1.54, 1.807) is 19.0 Å². The van der Waals surface area contributed by atoms with Crippen molar-refractivity contribution in [3.8, 4) is 0 Å². The summed E-state index contributed by atoms with van der Waals surface area (Å²) in [6, 6.07) is 9.55. The molecule has 0 fully saturated rings. The molecule has 5 nitrogen and oxygen atoms in total. The molecule has 1 aromatic carbocycles. The molecule has 0 aromatic heterocycles. The predicted molar refractivity (Wildman–Crippen MR) is 87.7 cm³/mol. The van der Waals surface area contributed by atoms with Gasteiger partial charge in [-0.2, -0.15) is 0 Å². The standard InChI is InChI=1S/C15H23N3O2.ClH/c1-4-10-18(12-15(20)17(2)3)14(19)11-16-13-8-6-5-7-9-13;/h5-9,16H,4,10-12H2,1-3H3;1H. The Bertz CT molecular complexity index is 438. The lowest BCUT2D eigenvalue weighted by Gasteiger charge is -2.23. The average Bonchev–Trinajstić information content (AvgIpc) is 2.45. The van der Waals surface area contributed by atoms with E-state index < -0.39 is 0 Å². The van der Waals surface area contributed by atoms with Crippen LogP contribution in [-0.2, 0) is 9.59 Å². The Morgan fingerprint density at radius 2 is 1.71 bits per heavy atom. The van der Waals surface area contributed by atoms with Crippen LogP contribution in [0.2, 0.25) is 0 Å². The molecule has 0 aliphatic rings. The van der Waals surface area contributed by atoms with Gasteiger partial charge in [-0.15, -0.1) is 12.4 Å². The van der Waals surface area contributed by atoms with Crippen LogP contribution < -0.4 is 5.32 Å². The summed E-state index contributed by atoms with van der Waals surface area (Å²) in [6.07, 6.45) is 0.831. The Hall–Kier alpha value is -1.75. The molecule has 1 aromatic rings. The monoisotopic (exact) mass is 313 g/mol. The van der Waals surface area contributed by atoms with Crippen LogP contribution >= 0.6 is 12.4 Å². The van der Waals surface area contributed by atoms with Crippen LogP contribution in [-0.4, -0.2) is 55.3 Å². The molecule has 0 atom stereocenters. The third-order valence-corrected chi connectivity index (χ3v) is 2.89. The van der Waals surface area contributed by atoms with E-state index in [2.05, 4.69) is 5.32 Å². The second-order valence-corrected chi connectivity index (χ2v) is 4.82. The molecule has 1 N–H and O–H groups in total. The van der Waals surface area contributed by atoms with Crippen molar-refractivity contribution < 1.29 is 9.59 Å². The van der Waals surface area contributed by atoms with Gasteiger partial charge in [0.2, 0.25) is 11.8 Å². The summed E-state index contributed by atoms with van der Waals surface area (Å²) in [6.45, 7) is 2.92. The molecule has 0 spiro atoms. The molecular weight excluding hydrogens is 290 g/mol. The molecule has 0 radical (unpaired) electrons. The lowest BCUT2D eigenvalue weighted by atomic mass is 10.3. The molecule has 0 saturated heterocycles. The van der Waals surface area contributed by atoms with E-state index in [1.807, 2.05) is 37.3 Å². The minimum atomic E-state index is -0.0640. The summed E-state index contributed by atoms with van der Waals surface area (Å²) in [5.41, 5.74) is 0.899. The number of carbonyl (C=O) groups is 2. The minimum Gasteiger partial charge on any atom is -0.376 e. The van der Waals surface area contributed by atoms with E-state index in [1.165, 1.54) is 4.90 Å². The van der Waals surface area contributed by atoms with Crippen LogP contribution in [0.3, 0.4) is 0 Å². The van der Waals surface area contributed by atoms with Gasteiger partial charge in [0, 0.05) is 26.3 Å². The number of hydrogen-bond donors (Lipinski definition) is 1. The van der Waals surface area contributed by atoms with E-state index in [4.69, 9.17) is 0 Å². The summed E-state index contributed by atoms with van der Waals surface area (Å²) in [4.78, 5) is 27.0. The fourth-order valence-electron chi connectivity index (χ4n) is 1.71. The van der Waals surface area contributed by atoms with E-state index in [9.17, 15) is 9.59 Å². The second-order valence-electron chi connectivity index (χ2n) is 4.82. The Morgan fingerprint density at radius 1 is 1.10 bits per heavy atom. The zero-order valence-corrected chi connectivity index (χ0v) is 13.7. The van der Waals surface area contributed by atoms with Crippen molar-refractivity contribution in [2.24, 2.45) is 0 Å². The lowest BCUT2D eigenvalue weighted by molar-refractivity contribution is -0.138. The summed E-state index contributed by atoms with van der Waals surface area (Å²) in [7, 11) is 3.39. The van der Waals surface area contributed by atoms with Gasteiger partial charge >= 0.3 is 0 Å². The molecule has 2 amide bonds. The third kappa shape index (κ3) is 6.99. The first kappa shape index (κ1) is 19.2. The lowest BCUT2D eigenvalue weighted by Crippen LogP contribution is -2.43. The Morgan fingerprint density at radius 3 is 2.24 bits per heavy atom. The van der Waals surface area contributed by atoms with Crippen molar-refractivity contribution in [3.63, 3.8) is 0 Å². The van der Waals surface area contributed by atoms with Gasteiger partial charge in [-0.3, -0.25) is 9.59 Å². The first-order valence-corrected chi connectivity index (χ1v) is 6.81. The van der Waals surface area contributed by atoms with E-state index >= 15 is 0 Å². The number of likely N-dealkylation sites (N-methyl/N-ethyl adjacent to an activating group) is 1. The quantitative estimate of drug-likeness (QED) is 0.836.